The molecule has 2 rings (SSSR count). The van der Waals surface area contributed by atoms with Crippen LogP contribution in [0.5, 0.6) is 0 Å². The number of benzene rings is 1. The van der Waals surface area contributed by atoms with Gasteiger partial charge in [0.2, 0.25) is 0 Å². The normalized spacial score (nSPS) is 16.6. The molecule has 1 amide bonds. The lowest BCUT2D eigenvalue weighted by atomic mass is 10.1. The van der Waals surface area contributed by atoms with E-state index in [2.05, 4.69) is 4.90 Å². The zero-order chi connectivity index (χ0) is 13.7. The van der Waals surface area contributed by atoms with E-state index in [9.17, 15) is 4.79 Å². The highest BCUT2D eigenvalue weighted by atomic mass is 16.2. The molecule has 1 aromatic carbocycles. The molecule has 0 aliphatic carbocycles. The molecule has 1 aliphatic rings. The van der Waals surface area contributed by atoms with Crippen LogP contribution in [0.2, 0.25) is 0 Å². The molecule has 0 unspecified atom stereocenters. The first-order valence-corrected chi connectivity index (χ1v) is 6.99. The quantitative estimate of drug-likeness (QED) is 0.883. The maximum atomic E-state index is 12.4. The summed E-state index contributed by atoms with van der Waals surface area (Å²) in [6.45, 7) is 7.32. The molecular formula is C15H23N3O. The molecular weight excluding hydrogens is 238 g/mol. The Morgan fingerprint density at radius 1 is 1.21 bits per heavy atom. The predicted octanol–water partition coefficient (Wildman–Crippen LogP) is 1.10. The van der Waals surface area contributed by atoms with Gasteiger partial charge < -0.3 is 10.6 Å². The van der Waals surface area contributed by atoms with Crippen LogP contribution in [0, 0.1) is 6.92 Å². The Hall–Kier alpha value is -1.39. The number of piperazine rings is 1. The fraction of sp³-hybridized carbons (Fsp3) is 0.533. The molecule has 4 nitrogen and oxygen atoms in total. The number of nitrogens with zero attached hydrogens (tertiary/aromatic N) is 2. The van der Waals surface area contributed by atoms with Gasteiger partial charge in [0.1, 0.15) is 0 Å². The van der Waals surface area contributed by atoms with Gasteiger partial charge in [-0.15, -0.1) is 0 Å². The summed E-state index contributed by atoms with van der Waals surface area (Å²) in [6, 6.07) is 7.80. The van der Waals surface area contributed by atoms with Gasteiger partial charge >= 0.3 is 0 Å². The Balaban J connectivity index is 1.91. The second kappa shape index (κ2) is 6.68. The third-order valence-corrected chi connectivity index (χ3v) is 3.71. The summed E-state index contributed by atoms with van der Waals surface area (Å²) in [6.07, 6.45) is 1.03. The molecule has 1 fully saturated rings. The van der Waals surface area contributed by atoms with Gasteiger partial charge in [-0.2, -0.15) is 0 Å². The monoisotopic (exact) mass is 261 g/mol. The van der Waals surface area contributed by atoms with Crippen molar-refractivity contribution in [1.82, 2.24) is 9.80 Å². The molecule has 1 heterocycles. The van der Waals surface area contributed by atoms with Crippen LogP contribution in [0.1, 0.15) is 22.3 Å². The van der Waals surface area contributed by atoms with Crippen LogP contribution in [0.15, 0.2) is 24.3 Å². The topological polar surface area (TPSA) is 49.6 Å². The molecule has 104 valence electrons. The number of amides is 1. The van der Waals surface area contributed by atoms with Gasteiger partial charge in [-0.05, 0) is 38.1 Å². The van der Waals surface area contributed by atoms with Gasteiger partial charge in [0.15, 0.2) is 0 Å². The van der Waals surface area contributed by atoms with Crippen molar-refractivity contribution in [3.8, 4) is 0 Å². The number of nitrogens with two attached hydrogens (primary N) is 1. The summed E-state index contributed by atoms with van der Waals surface area (Å²) in [5, 5.41) is 0. The van der Waals surface area contributed by atoms with Crippen LogP contribution in [-0.4, -0.2) is 55.0 Å². The van der Waals surface area contributed by atoms with E-state index in [1.807, 2.05) is 36.1 Å². The van der Waals surface area contributed by atoms with E-state index >= 15 is 0 Å². The van der Waals surface area contributed by atoms with Crippen molar-refractivity contribution in [2.75, 3.05) is 39.3 Å². The number of carbonyl (C=O) groups excluding carboxylic acids is 1. The van der Waals surface area contributed by atoms with Crippen LogP contribution in [0.3, 0.4) is 0 Å². The summed E-state index contributed by atoms with van der Waals surface area (Å²) >= 11 is 0. The standard InChI is InChI=1S/C15H23N3O/c1-13-5-2-3-6-14(13)15(19)18-11-9-17(10-12-18)8-4-7-16/h2-3,5-6H,4,7-12,16H2,1H3. The molecule has 19 heavy (non-hydrogen) atoms. The maximum absolute atomic E-state index is 12.4. The van der Waals surface area contributed by atoms with Crippen LogP contribution >= 0.6 is 0 Å². The van der Waals surface area contributed by atoms with Crippen molar-refractivity contribution in [2.45, 2.75) is 13.3 Å². The maximum Gasteiger partial charge on any atom is 0.254 e. The van der Waals surface area contributed by atoms with Gasteiger partial charge in [-0.3, -0.25) is 9.69 Å². The number of rotatable bonds is 4. The second-order valence-electron chi connectivity index (χ2n) is 5.09. The molecule has 0 radical (unpaired) electrons. The van der Waals surface area contributed by atoms with E-state index in [4.69, 9.17) is 5.73 Å². The second-order valence-corrected chi connectivity index (χ2v) is 5.09. The predicted molar refractivity (Wildman–Crippen MR) is 77.2 cm³/mol. The lowest BCUT2D eigenvalue weighted by molar-refractivity contribution is 0.0636. The van der Waals surface area contributed by atoms with Gasteiger partial charge in [0, 0.05) is 31.7 Å². The first-order valence-electron chi connectivity index (χ1n) is 6.99. The fourth-order valence-electron chi connectivity index (χ4n) is 2.47. The highest BCUT2D eigenvalue weighted by molar-refractivity contribution is 5.95. The third kappa shape index (κ3) is 3.55. The largest absolute Gasteiger partial charge is 0.336 e. The molecule has 1 saturated heterocycles. The average Bonchev–Trinajstić information content (AvgIpc) is 2.45. The zero-order valence-electron chi connectivity index (χ0n) is 11.6. The van der Waals surface area contributed by atoms with Crippen molar-refractivity contribution >= 4 is 5.91 Å². The number of hydrogen-bond donors (Lipinski definition) is 1. The average molecular weight is 261 g/mol. The zero-order valence-corrected chi connectivity index (χ0v) is 11.6. The summed E-state index contributed by atoms with van der Waals surface area (Å²) in [4.78, 5) is 16.8. The highest BCUT2D eigenvalue weighted by Crippen LogP contribution is 2.12. The van der Waals surface area contributed by atoms with E-state index in [0.717, 1.165) is 56.8 Å². The lowest BCUT2D eigenvalue weighted by Crippen LogP contribution is -2.49. The Bertz CT molecular complexity index is 425. The van der Waals surface area contributed by atoms with Crippen LogP contribution < -0.4 is 5.73 Å². The Morgan fingerprint density at radius 2 is 1.89 bits per heavy atom. The van der Waals surface area contributed by atoms with Crippen LogP contribution in [-0.2, 0) is 0 Å². The van der Waals surface area contributed by atoms with E-state index in [0.29, 0.717) is 0 Å². The molecule has 0 bridgehead atoms. The molecule has 0 saturated carbocycles. The molecule has 0 atom stereocenters. The highest BCUT2D eigenvalue weighted by Gasteiger charge is 2.22. The minimum atomic E-state index is 0.163. The molecule has 4 heteroatoms. The summed E-state index contributed by atoms with van der Waals surface area (Å²) < 4.78 is 0. The number of aryl methyl sites for hydroxylation is 1. The van der Waals surface area contributed by atoms with Gasteiger partial charge in [0.05, 0.1) is 0 Å². The Labute approximate surface area is 115 Å². The van der Waals surface area contributed by atoms with Crippen molar-refractivity contribution < 1.29 is 4.79 Å². The first kappa shape index (κ1) is 14.0. The minimum absolute atomic E-state index is 0.163. The Morgan fingerprint density at radius 3 is 2.53 bits per heavy atom. The smallest absolute Gasteiger partial charge is 0.254 e. The molecule has 0 spiro atoms. The third-order valence-electron chi connectivity index (χ3n) is 3.71. The number of carbonyl (C=O) groups is 1. The first-order chi connectivity index (χ1) is 9.22. The SMILES string of the molecule is Cc1ccccc1C(=O)N1CCN(CCCN)CC1. The van der Waals surface area contributed by atoms with E-state index < -0.39 is 0 Å². The summed E-state index contributed by atoms with van der Waals surface area (Å²) in [5.74, 6) is 0.163. The van der Waals surface area contributed by atoms with Gasteiger partial charge in [-0.25, -0.2) is 0 Å². The molecule has 1 aliphatic heterocycles. The van der Waals surface area contributed by atoms with Crippen LogP contribution in [0.25, 0.3) is 0 Å². The molecule has 2 N–H and O–H groups in total. The van der Waals surface area contributed by atoms with Gasteiger partial charge in [-0.1, -0.05) is 18.2 Å². The molecule has 0 aromatic heterocycles. The summed E-state index contributed by atoms with van der Waals surface area (Å²) in [7, 11) is 0. The Kier molecular flexibility index (Phi) is 4.93. The fourth-order valence-corrected chi connectivity index (χ4v) is 2.47. The van der Waals surface area contributed by atoms with Crippen molar-refractivity contribution in [1.29, 1.82) is 0 Å². The summed E-state index contributed by atoms with van der Waals surface area (Å²) in [5.41, 5.74) is 7.41. The number of hydrogen-bond acceptors (Lipinski definition) is 3. The van der Waals surface area contributed by atoms with Crippen molar-refractivity contribution in [3.05, 3.63) is 35.4 Å². The minimum Gasteiger partial charge on any atom is -0.336 e. The van der Waals surface area contributed by atoms with E-state index in [1.165, 1.54) is 0 Å². The molecule has 1 aromatic rings. The van der Waals surface area contributed by atoms with Crippen molar-refractivity contribution in [3.63, 3.8) is 0 Å². The lowest BCUT2D eigenvalue weighted by Gasteiger charge is -2.35. The van der Waals surface area contributed by atoms with Gasteiger partial charge in [0.25, 0.3) is 5.91 Å². The van der Waals surface area contributed by atoms with E-state index in [-0.39, 0.29) is 5.91 Å². The van der Waals surface area contributed by atoms with Crippen LogP contribution in [0.4, 0.5) is 0 Å². The van der Waals surface area contributed by atoms with E-state index in [1.54, 1.807) is 0 Å². The van der Waals surface area contributed by atoms with Crippen molar-refractivity contribution in [2.24, 2.45) is 5.73 Å².